The van der Waals surface area contributed by atoms with Gasteiger partial charge in [-0.3, -0.25) is 4.98 Å². The molecule has 2 N–H and O–H groups in total. The number of ether oxygens (including phenoxy) is 1. The lowest BCUT2D eigenvalue weighted by molar-refractivity contribution is 0.414. The van der Waals surface area contributed by atoms with Gasteiger partial charge in [0.05, 0.1) is 12.6 Å². The number of hydrogen-bond acceptors (Lipinski definition) is 6. The molecule has 27 heavy (non-hydrogen) atoms. The largest absolute Gasteiger partial charge is 0.497 e. The van der Waals surface area contributed by atoms with E-state index in [-0.39, 0.29) is 0 Å². The van der Waals surface area contributed by atoms with Gasteiger partial charge < -0.3 is 15.4 Å². The molecule has 134 valence electrons. The molecule has 0 unspecified atom stereocenters. The Labute approximate surface area is 157 Å². The number of pyridine rings is 1. The van der Waals surface area contributed by atoms with Gasteiger partial charge in [0.25, 0.3) is 0 Å². The van der Waals surface area contributed by atoms with Gasteiger partial charge in [-0.25, -0.2) is 4.98 Å². The number of para-hydroxylation sites is 1. The Balaban J connectivity index is 1.60. The Bertz CT molecular complexity index is 1040. The van der Waals surface area contributed by atoms with E-state index < -0.39 is 0 Å². The Morgan fingerprint density at radius 3 is 2.48 bits per heavy atom. The van der Waals surface area contributed by atoms with E-state index in [1.165, 1.54) is 0 Å². The first-order valence-electron chi connectivity index (χ1n) is 8.63. The van der Waals surface area contributed by atoms with E-state index in [0.29, 0.717) is 18.3 Å². The predicted molar refractivity (Wildman–Crippen MR) is 107 cm³/mol. The van der Waals surface area contributed by atoms with Crippen molar-refractivity contribution in [2.75, 3.05) is 17.7 Å². The molecule has 0 fully saturated rings. The van der Waals surface area contributed by atoms with Crippen LogP contribution in [0.15, 0.2) is 72.9 Å². The molecule has 6 heteroatoms. The second-order valence-corrected chi connectivity index (χ2v) is 5.96. The van der Waals surface area contributed by atoms with Crippen molar-refractivity contribution in [3.63, 3.8) is 0 Å². The van der Waals surface area contributed by atoms with Gasteiger partial charge in [0, 0.05) is 18.4 Å². The number of rotatable bonds is 6. The van der Waals surface area contributed by atoms with Crippen LogP contribution < -0.4 is 15.4 Å². The van der Waals surface area contributed by atoms with Gasteiger partial charge in [-0.15, -0.1) is 0 Å². The van der Waals surface area contributed by atoms with Crippen LogP contribution in [-0.2, 0) is 6.54 Å². The summed E-state index contributed by atoms with van der Waals surface area (Å²) < 4.78 is 5.19. The molecule has 0 amide bonds. The van der Waals surface area contributed by atoms with Crippen LogP contribution in [0.2, 0.25) is 0 Å². The number of nitrogens with one attached hydrogen (secondary N) is 2. The monoisotopic (exact) mass is 357 g/mol. The summed E-state index contributed by atoms with van der Waals surface area (Å²) in [6.45, 7) is 0.612. The van der Waals surface area contributed by atoms with Crippen LogP contribution >= 0.6 is 0 Å². The minimum absolute atomic E-state index is 0.546. The molecule has 0 bridgehead atoms. The van der Waals surface area contributed by atoms with Crippen LogP contribution in [0.5, 0.6) is 5.75 Å². The molecule has 0 saturated carbocycles. The first-order valence-corrected chi connectivity index (χ1v) is 8.63. The van der Waals surface area contributed by atoms with Crippen LogP contribution in [0.4, 0.5) is 17.5 Å². The molecule has 6 nitrogen and oxygen atoms in total. The van der Waals surface area contributed by atoms with Crippen LogP contribution in [-0.4, -0.2) is 22.1 Å². The maximum Gasteiger partial charge on any atom is 0.225 e. The van der Waals surface area contributed by atoms with Gasteiger partial charge in [0.1, 0.15) is 11.3 Å². The number of methoxy groups -OCH3 is 1. The highest BCUT2D eigenvalue weighted by Gasteiger charge is 2.09. The summed E-state index contributed by atoms with van der Waals surface area (Å²) >= 11 is 0. The smallest absolute Gasteiger partial charge is 0.225 e. The lowest BCUT2D eigenvalue weighted by Gasteiger charge is -2.11. The first kappa shape index (κ1) is 16.8. The summed E-state index contributed by atoms with van der Waals surface area (Å²) in [5.41, 5.74) is 3.58. The van der Waals surface area contributed by atoms with Crippen molar-refractivity contribution in [2.24, 2.45) is 0 Å². The zero-order valence-corrected chi connectivity index (χ0v) is 14.9. The molecule has 2 aromatic carbocycles. The Kier molecular flexibility index (Phi) is 4.78. The summed E-state index contributed by atoms with van der Waals surface area (Å²) in [6, 6.07) is 21.6. The minimum atomic E-state index is 0.546. The number of fused-ring (bicyclic) bond motifs is 1. The lowest BCUT2D eigenvalue weighted by atomic mass is 10.2. The van der Waals surface area contributed by atoms with Crippen LogP contribution in [0.3, 0.4) is 0 Å². The number of aromatic nitrogens is 3. The third-order valence-electron chi connectivity index (χ3n) is 4.10. The van der Waals surface area contributed by atoms with Crippen LogP contribution in [0, 0.1) is 0 Å². The molecule has 0 saturated heterocycles. The summed E-state index contributed by atoms with van der Waals surface area (Å²) in [6.07, 6.45) is 1.74. The molecular formula is C21H19N5O. The van der Waals surface area contributed by atoms with Crippen LogP contribution in [0.1, 0.15) is 5.56 Å². The molecule has 0 radical (unpaired) electrons. The SMILES string of the molecule is COc1ccc(CNc2nc(Nc3ccccc3)c3ncccc3n2)cc1. The highest BCUT2D eigenvalue weighted by atomic mass is 16.5. The fraction of sp³-hybridized carbons (Fsp3) is 0.0952. The fourth-order valence-electron chi connectivity index (χ4n) is 2.72. The third kappa shape index (κ3) is 3.95. The zero-order valence-electron chi connectivity index (χ0n) is 14.9. The standard InChI is InChI=1S/C21H19N5O/c1-27-17-11-9-15(10-12-17)14-23-21-25-18-8-5-13-22-19(18)20(26-21)24-16-6-3-2-4-7-16/h2-13H,14H2,1H3,(H2,23,24,25,26). The van der Waals surface area contributed by atoms with Crippen molar-refractivity contribution in [1.82, 2.24) is 15.0 Å². The van der Waals surface area contributed by atoms with Gasteiger partial charge in [-0.2, -0.15) is 4.98 Å². The van der Waals surface area contributed by atoms with Crippen LogP contribution in [0.25, 0.3) is 11.0 Å². The first-order chi connectivity index (χ1) is 13.3. The molecule has 0 aliphatic rings. The van der Waals surface area contributed by atoms with Crippen molar-refractivity contribution >= 4 is 28.5 Å². The molecule has 0 aliphatic heterocycles. The lowest BCUT2D eigenvalue weighted by Crippen LogP contribution is -2.06. The molecule has 4 rings (SSSR count). The molecule has 4 aromatic rings. The van der Waals surface area contributed by atoms with Crippen molar-refractivity contribution < 1.29 is 4.74 Å². The van der Waals surface area contributed by atoms with Gasteiger partial charge in [0.15, 0.2) is 5.82 Å². The molecule has 2 heterocycles. The van der Waals surface area contributed by atoms with Crippen molar-refractivity contribution in [2.45, 2.75) is 6.54 Å². The molecule has 2 aromatic heterocycles. The Hall–Kier alpha value is -3.67. The molecular weight excluding hydrogens is 338 g/mol. The number of nitrogens with zero attached hydrogens (tertiary/aromatic N) is 3. The van der Waals surface area contributed by atoms with E-state index in [9.17, 15) is 0 Å². The quantitative estimate of drug-likeness (QED) is 0.533. The van der Waals surface area contributed by atoms with Crippen molar-refractivity contribution in [1.29, 1.82) is 0 Å². The molecule has 0 aliphatic carbocycles. The summed E-state index contributed by atoms with van der Waals surface area (Å²) in [5, 5.41) is 6.62. The highest BCUT2D eigenvalue weighted by Crippen LogP contribution is 2.23. The van der Waals surface area contributed by atoms with E-state index in [4.69, 9.17) is 4.74 Å². The predicted octanol–water partition coefficient (Wildman–Crippen LogP) is 4.39. The number of anilines is 3. The fourth-order valence-corrected chi connectivity index (χ4v) is 2.72. The van der Waals surface area contributed by atoms with Gasteiger partial charge in [-0.05, 0) is 42.0 Å². The maximum atomic E-state index is 5.19. The van der Waals surface area contributed by atoms with Gasteiger partial charge >= 0.3 is 0 Å². The summed E-state index contributed by atoms with van der Waals surface area (Å²) in [4.78, 5) is 13.6. The third-order valence-corrected chi connectivity index (χ3v) is 4.10. The second-order valence-electron chi connectivity index (χ2n) is 5.96. The second kappa shape index (κ2) is 7.70. The van der Waals surface area contributed by atoms with E-state index in [1.807, 2.05) is 66.7 Å². The Morgan fingerprint density at radius 1 is 0.889 bits per heavy atom. The average Bonchev–Trinajstić information content (AvgIpc) is 2.73. The van der Waals surface area contributed by atoms with E-state index >= 15 is 0 Å². The number of hydrogen-bond donors (Lipinski definition) is 2. The topological polar surface area (TPSA) is 72.0 Å². The normalized spacial score (nSPS) is 10.6. The molecule has 0 spiro atoms. The van der Waals surface area contributed by atoms with E-state index in [2.05, 4.69) is 25.6 Å². The maximum absolute atomic E-state index is 5.19. The summed E-state index contributed by atoms with van der Waals surface area (Å²) in [7, 11) is 1.66. The van der Waals surface area contributed by atoms with Gasteiger partial charge in [-0.1, -0.05) is 30.3 Å². The van der Waals surface area contributed by atoms with Gasteiger partial charge in [0.2, 0.25) is 5.95 Å². The molecule has 0 atom stereocenters. The minimum Gasteiger partial charge on any atom is -0.497 e. The zero-order chi connectivity index (χ0) is 18.5. The van der Waals surface area contributed by atoms with Crippen molar-refractivity contribution in [3.05, 3.63) is 78.5 Å². The highest BCUT2D eigenvalue weighted by molar-refractivity contribution is 5.88. The van der Waals surface area contributed by atoms with E-state index in [0.717, 1.165) is 28.0 Å². The van der Waals surface area contributed by atoms with E-state index in [1.54, 1.807) is 13.3 Å². The van der Waals surface area contributed by atoms with Crippen molar-refractivity contribution in [3.8, 4) is 5.75 Å². The summed E-state index contributed by atoms with van der Waals surface area (Å²) in [5.74, 6) is 2.05. The average molecular weight is 357 g/mol. The Morgan fingerprint density at radius 2 is 1.70 bits per heavy atom. The number of benzene rings is 2.